The smallest absolute Gasteiger partial charge is 0.372 e. The average Bonchev–Trinajstić information content (AvgIpc) is 3.22. The summed E-state index contributed by atoms with van der Waals surface area (Å²) in [5.41, 5.74) is 10.2. The van der Waals surface area contributed by atoms with Gasteiger partial charge < -0.3 is 24.7 Å². The molecule has 0 fully saturated rings. The minimum Gasteiger partial charge on any atom is -0.488 e. The van der Waals surface area contributed by atoms with E-state index in [4.69, 9.17) is 19.6 Å². The van der Waals surface area contributed by atoms with Crippen LogP contribution in [0.15, 0.2) is 71.1 Å². The summed E-state index contributed by atoms with van der Waals surface area (Å²) in [5.74, 6) is -1.23. The summed E-state index contributed by atoms with van der Waals surface area (Å²) in [5, 5.41) is 10.4. The van der Waals surface area contributed by atoms with Crippen LogP contribution in [0.3, 0.4) is 0 Å². The fourth-order valence-electron chi connectivity index (χ4n) is 3.83. The quantitative estimate of drug-likeness (QED) is 0.341. The number of benzene rings is 3. The van der Waals surface area contributed by atoms with Crippen molar-refractivity contribution in [3.05, 3.63) is 89.2 Å². The molecule has 4 rings (SSSR count). The molecule has 0 radical (unpaired) electrons. The highest BCUT2D eigenvalue weighted by Gasteiger charge is 2.22. The van der Waals surface area contributed by atoms with E-state index in [-0.39, 0.29) is 24.8 Å². The van der Waals surface area contributed by atoms with Crippen LogP contribution in [0.1, 0.15) is 34.2 Å². The van der Waals surface area contributed by atoms with Crippen LogP contribution >= 0.6 is 0 Å². The maximum absolute atomic E-state index is 12.0. The van der Waals surface area contributed by atoms with E-state index in [2.05, 4.69) is 0 Å². The lowest BCUT2D eigenvalue weighted by Gasteiger charge is -2.11. The lowest BCUT2D eigenvalue weighted by molar-refractivity contribution is -0.142. The van der Waals surface area contributed by atoms with Gasteiger partial charge >= 0.3 is 11.9 Å². The van der Waals surface area contributed by atoms with Crippen molar-refractivity contribution in [2.75, 3.05) is 6.61 Å². The molecular formula is C27H25NO6. The molecule has 0 bridgehead atoms. The molecule has 0 saturated carbocycles. The third-order valence-corrected chi connectivity index (χ3v) is 5.47. The van der Waals surface area contributed by atoms with E-state index in [1.54, 1.807) is 37.3 Å². The highest BCUT2D eigenvalue weighted by atomic mass is 16.5. The summed E-state index contributed by atoms with van der Waals surface area (Å²) < 4.78 is 16.7. The van der Waals surface area contributed by atoms with Crippen LogP contribution in [0.25, 0.3) is 22.1 Å². The van der Waals surface area contributed by atoms with Crippen molar-refractivity contribution in [1.82, 2.24) is 0 Å². The Hall–Kier alpha value is -4.10. The van der Waals surface area contributed by atoms with Gasteiger partial charge in [0.15, 0.2) is 0 Å². The van der Waals surface area contributed by atoms with Crippen LogP contribution in [0.4, 0.5) is 0 Å². The van der Waals surface area contributed by atoms with Crippen molar-refractivity contribution in [2.45, 2.75) is 26.5 Å². The second kappa shape index (κ2) is 10.2. The summed E-state index contributed by atoms with van der Waals surface area (Å²) in [6, 6.07) is 20.5. The third-order valence-electron chi connectivity index (χ3n) is 5.47. The number of carboxylic acid groups (broad SMARTS) is 1. The molecule has 0 aliphatic rings. The predicted molar refractivity (Wildman–Crippen MR) is 128 cm³/mol. The number of fused-ring (bicyclic) bond motifs is 1. The first kappa shape index (κ1) is 23.1. The van der Waals surface area contributed by atoms with Gasteiger partial charge in [-0.2, -0.15) is 0 Å². The Bertz CT molecular complexity index is 1340. The van der Waals surface area contributed by atoms with Gasteiger partial charge in [0.2, 0.25) is 5.76 Å². The molecule has 3 aromatic carbocycles. The Kier molecular flexibility index (Phi) is 6.94. The van der Waals surface area contributed by atoms with Crippen molar-refractivity contribution in [2.24, 2.45) is 5.73 Å². The lowest BCUT2D eigenvalue weighted by atomic mass is 10.0. The van der Waals surface area contributed by atoms with E-state index in [1.165, 1.54) is 0 Å². The van der Waals surface area contributed by atoms with Crippen LogP contribution in [0.2, 0.25) is 0 Å². The van der Waals surface area contributed by atoms with Crippen molar-refractivity contribution in [3.8, 4) is 16.9 Å². The van der Waals surface area contributed by atoms with Gasteiger partial charge in [0.25, 0.3) is 0 Å². The highest BCUT2D eigenvalue weighted by molar-refractivity contribution is 5.96. The van der Waals surface area contributed by atoms with E-state index in [9.17, 15) is 14.7 Å². The summed E-state index contributed by atoms with van der Waals surface area (Å²) in [6.07, 6.45) is 0.0591. The number of hydrogen-bond donors (Lipinski definition) is 2. The standard InChI is InChI=1S/C27H25NO6/c1-2-32-25(29)14-20-7-3-4-9-23(20)33-16-22-21-13-19(18-8-5-6-17(12-18)15-28)10-11-24(21)34-26(22)27(30)31/h3-13H,2,14-16,28H2,1H3,(H,30,31). The van der Waals surface area contributed by atoms with Crippen LogP contribution in [0.5, 0.6) is 5.75 Å². The number of carboxylic acids is 1. The number of rotatable bonds is 9. The van der Waals surface area contributed by atoms with Crippen LogP contribution in [-0.2, 0) is 29.1 Å². The molecule has 3 N–H and O–H groups in total. The van der Waals surface area contributed by atoms with Gasteiger partial charge in [-0.15, -0.1) is 0 Å². The van der Waals surface area contributed by atoms with Gasteiger partial charge in [-0.25, -0.2) is 4.79 Å². The largest absolute Gasteiger partial charge is 0.488 e. The van der Waals surface area contributed by atoms with E-state index in [1.807, 2.05) is 36.4 Å². The second-order valence-electron chi connectivity index (χ2n) is 7.71. The summed E-state index contributed by atoms with van der Waals surface area (Å²) >= 11 is 0. The molecule has 0 spiro atoms. The fraction of sp³-hybridized carbons (Fsp3) is 0.185. The first-order valence-electron chi connectivity index (χ1n) is 10.9. The minimum atomic E-state index is -1.18. The first-order chi connectivity index (χ1) is 16.5. The van der Waals surface area contributed by atoms with E-state index < -0.39 is 5.97 Å². The number of esters is 1. The Morgan fingerprint density at radius 1 is 1.00 bits per heavy atom. The maximum atomic E-state index is 12.0. The maximum Gasteiger partial charge on any atom is 0.372 e. The fourth-order valence-corrected chi connectivity index (χ4v) is 3.83. The van der Waals surface area contributed by atoms with Crippen LogP contribution in [0, 0.1) is 0 Å². The summed E-state index contributed by atoms with van der Waals surface area (Å²) in [6.45, 7) is 2.43. The van der Waals surface area contributed by atoms with Gasteiger partial charge in [-0.1, -0.05) is 42.5 Å². The first-order valence-corrected chi connectivity index (χ1v) is 10.9. The van der Waals surface area contributed by atoms with Gasteiger partial charge in [0, 0.05) is 17.5 Å². The third kappa shape index (κ3) is 4.94. The van der Waals surface area contributed by atoms with Gasteiger partial charge in [-0.3, -0.25) is 4.79 Å². The van der Waals surface area contributed by atoms with Gasteiger partial charge in [-0.05, 0) is 47.9 Å². The lowest BCUT2D eigenvalue weighted by Crippen LogP contribution is -2.09. The minimum absolute atomic E-state index is 0.0409. The molecule has 0 aliphatic carbocycles. The monoisotopic (exact) mass is 459 g/mol. The molecule has 34 heavy (non-hydrogen) atoms. The molecule has 0 amide bonds. The molecule has 0 unspecified atom stereocenters. The Balaban J connectivity index is 1.69. The highest BCUT2D eigenvalue weighted by Crippen LogP contribution is 2.32. The van der Waals surface area contributed by atoms with E-state index in [0.29, 0.717) is 41.0 Å². The molecule has 174 valence electrons. The molecule has 1 aromatic heterocycles. The van der Waals surface area contributed by atoms with E-state index >= 15 is 0 Å². The molecule has 4 aromatic rings. The van der Waals surface area contributed by atoms with Crippen molar-refractivity contribution in [3.63, 3.8) is 0 Å². The Labute approximate surface area is 196 Å². The molecule has 7 heteroatoms. The number of aromatic carboxylic acids is 1. The van der Waals surface area contributed by atoms with Crippen LogP contribution < -0.4 is 10.5 Å². The van der Waals surface area contributed by atoms with Crippen LogP contribution in [-0.4, -0.2) is 23.7 Å². The van der Waals surface area contributed by atoms with Crippen molar-refractivity contribution in [1.29, 1.82) is 0 Å². The second-order valence-corrected chi connectivity index (χ2v) is 7.71. The number of furan rings is 1. The topological polar surface area (TPSA) is 112 Å². The molecular weight excluding hydrogens is 434 g/mol. The molecule has 0 aliphatic heterocycles. The van der Waals surface area contributed by atoms with Gasteiger partial charge in [0.1, 0.15) is 17.9 Å². The average molecular weight is 459 g/mol. The number of ether oxygens (including phenoxy) is 2. The normalized spacial score (nSPS) is 10.9. The molecule has 7 nitrogen and oxygen atoms in total. The van der Waals surface area contributed by atoms with Crippen molar-refractivity contribution >= 4 is 22.9 Å². The summed E-state index contributed by atoms with van der Waals surface area (Å²) in [7, 11) is 0. The zero-order valence-electron chi connectivity index (χ0n) is 18.7. The zero-order chi connectivity index (χ0) is 24.1. The number of hydrogen-bond acceptors (Lipinski definition) is 6. The Morgan fingerprint density at radius 2 is 1.79 bits per heavy atom. The summed E-state index contributed by atoms with van der Waals surface area (Å²) in [4.78, 5) is 23.9. The number of nitrogens with two attached hydrogens (primary N) is 1. The van der Waals surface area contributed by atoms with Crippen molar-refractivity contribution < 1.29 is 28.6 Å². The van der Waals surface area contributed by atoms with Gasteiger partial charge in [0.05, 0.1) is 18.6 Å². The SMILES string of the molecule is CCOC(=O)Cc1ccccc1OCc1c(C(=O)O)oc2ccc(-c3cccc(CN)c3)cc12. The number of carbonyl (C=O) groups is 2. The number of para-hydroxylation sites is 1. The number of carbonyl (C=O) groups excluding carboxylic acids is 1. The molecule has 1 heterocycles. The predicted octanol–water partition coefficient (Wildman–Crippen LogP) is 4.94. The van der Waals surface area contributed by atoms with E-state index in [0.717, 1.165) is 16.7 Å². The molecule has 0 saturated heterocycles. The zero-order valence-corrected chi connectivity index (χ0v) is 18.7. The molecule has 0 atom stereocenters. The Morgan fingerprint density at radius 3 is 2.56 bits per heavy atom.